The second-order valence-corrected chi connectivity index (χ2v) is 11.0. The van der Waals surface area contributed by atoms with Gasteiger partial charge in [-0.1, -0.05) is 12.1 Å². The van der Waals surface area contributed by atoms with Crippen molar-refractivity contribution in [3.63, 3.8) is 0 Å². The fourth-order valence-electron chi connectivity index (χ4n) is 4.91. The molecule has 1 saturated heterocycles. The van der Waals surface area contributed by atoms with Crippen LogP contribution in [0.5, 0.6) is 0 Å². The van der Waals surface area contributed by atoms with Gasteiger partial charge in [0.2, 0.25) is 15.9 Å². The molecular formula is C25H32N2O3S. The number of sulfonamides is 1. The van der Waals surface area contributed by atoms with Crippen molar-refractivity contribution >= 4 is 21.6 Å². The molecule has 6 heteroatoms. The first kappa shape index (κ1) is 22.0. The number of nitrogens with zero attached hydrogens (tertiary/aromatic N) is 2. The minimum Gasteiger partial charge on any atom is -0.315 e. The van der Waals surface area contributed by atoms with Gasteiger partial charge in [0.25, 0.3) is 0 Å². The highest BCUT2D eigenvalue weighted by Crippen LogP contribution is 2.29. The van der Waals surface area contributed by atoms with Crippen molar-refractivity contribution in [2.75, 3.05) is 25.0 Å². The number of hydrogen-bond donors (Lipinski definition) is 0. The van der Waals surface area contributed by atoms with Crippen LogP contribution in [0, 0.1) is 19.8 Å². The number of rotatable bonds is 4. The van der Waals surface area contributed by atoms with Crippen molar-refractivity contribution in [2.24, 2.45) is 5.92 Å². The Balaban J connectivity index is 1.43. The van der Waals surface area contributed by atoms with Gasteiger partial charge < -0.3 is 4.90 Å². The van der Waals surface area contributed by atoms with Gasteiger partial charge in [0.15, 0.2) is 0 Å². The summed E-state index contributed by atoms with van der Waals surface area (Å²) < 4.78 is 28.0. The number of amides is 1. The summed E-state index contributed by atoms with van der Waals surface area (Å²) in [5.74, 6) is -0.0865. The highest BCUT2D eigenvalue weighted by molar-refractivity contribution is 7.89. The molecule has 4 rings (SSSR count). The third-order valence-electron chi connectivity index (χ3n) is 6.69. The van der Waals surface area contributed by atoms with Crippen LogP contribution in [0.2, 0.25) is 0 Å². The summed E-state index contributed by atoms with van der Waals surface area (Å²) >= 11 is 0. The molecule has 1 fully saturated rings. The predicted octanol–water partition coefficient (Wildman–Crippen LogP) is 4.25. The molecule has 2 aromatic carbocycles. The molecular weight excluding hydrogens is 408 g/mol. The van der Waals surface area contributed by atoms with E-state index in [1.54, 1.807) is 15.3 Å². The summed E-state index contributed by atoms with van der Waals surface area (Å²) in [7, 11) is -1.71. The predicted molar refractivity (Wildman–Crippen MR) is 124 cm³/mol. The van der Waals surface area contributed by atoms with Gasteiger partial charge in [-0.3, -0.25) is 4.79 Å². The van der Waals surface area contributed by atoms with E-state index in [9.17, 15) is 13.2 Å². The van der Waals surface area contributed by atoms with Crippen LogP contribution in [0.25, 0.3) is 0 Å². The van der Waals surface area contributed by atoms with Crippen molar-refractivity contribution in [3.8, 4) is 0 Å². The van der Waals surface area contributed by atoms with Crippen molar-refractivity contribution in [1.82, 2.24) is 4.31 Å². The first-order valence-corrected chi connectivity index (χ1v) is 12.7. The molecule has 2 aliphatic rings. The van der Waals surface area contributed by atoms with E-state index >= 15 is 0 Å². The first-order chi connectivity index (χ1) is 14.8. The molecule has 0 N–H and O–H groups in total. The van der Waals surface area contributed by atoms with Crippen LogP contribution in [-0.2, 0) is 27.7 Å². The van der Waals surface area contributed by atoms with Crippen LogP contribution in [0.4, 0.5) is 5.69 Å². The molecule has 1 heterocycles. The number of piperidine rings is 1. The Morgan fingerprint density at radius 3 is 2.19 bits per heavy atom. The van der Waals surface area contributed by atoms with E-state index in [0.717, 1.165) is 36.1 Å². The minimum atomic E-state index is -3.52. The molecule has 0 atom stereocenters. The van der Waals surface area contributed by atoms with Crippen molar-refractivity contribution in [1.29, 1.82) is 0 Å². The van der Waals surface area contributed by atoms with Gasteiger partial charge in [0, 0.05) is 31.7 Å². The largest absolute Gasteiger partial charge is 0.315 e. The Morgan fingerprint density at radius 2 is 1.55 bits per heavy atom. The van der Waals surface area contributed by atoms with Gasteiger partial charge in [-0.15, -0.1) is 0 Å². The summed E-state index contributed by atoms with van der Waals surface area (Å²) in [5, 5.41) is 0. The summed E-state index contributed by atoms with van der Waals surface area (Å²) in [6, 6.07) is 11.7. The zero-order valence-electron chi connectivity index (χ0n) is 18.7. The van der Waals surface area contributed by atoms with E-state index in [1.807, 2.05) is 45.2 Å². The Morgan fingerprint density at radius 1 is 0.935 bits per heavy atom. The van der Waals surface area contributed by atoms with Gasteiger partial charge in [-0.25, -0.2) is 8.42 Å². The van der Waals surface area contributed by atoms with E-state index in [0.29, 0.717) is 30.8 Å². The molecule has 0 saturated carbocycles. The highest BCUT2D eigenvalue weighted by atomic mass is 32.2. The lowest BCUT2D eigenvalue weighted by atomic mass is 9.92. The lowest BCUT2D eigenvalue weighted by Gasteiger charge is -2.33. The van der Waals surface area contributed by atoms with Crippen molar-refractivity contribution in [2.45, 2.75) is 57.3 Å². The van der Waals surface area contributed by atoms with Crippen LogP contribution < -0.4 is 4.90 Å². The SMILES string of the molecule is Cc1cc(C)cc(N(C)C(=O)C2CCN(S(=O)(=O)c3ccc4c(c3)CCCC4)CC2)c1. The fraction of sp³-hybridized carbons (Fsp3) is 0.480. The van der Waals surface area contributed by atoms with Gasteiger partial charge >= 0.3 is 0 Å². The second-order valence-electron chi connectivity index (χ2n) is 9.06. The Hall–Kier alpha value is -2.18. The zero-order chi connectivity index (χ0) is 22.2. The molecule has 0 spiro atoms. The number of aryl methyl sites for hydroxylation is 4. The van der Waals surface area contributed by atoms with Gasteiger partial charge in [-0.2, -0.15) is 4.31 Å². The maximum Gasteiger partial charge on any atom is 0.243 e. The molecule has 1 aliphatic carbocycles. The van der Waals surface area contributed by atoms with E-state index in [2.05, 4.69) is 6.07 Å². The summed E-state index contributed by atoms with van der Waals surface area (Å²) in [6.45, 7) is 4.82. The van der Waals surface area contributed by atoms with Crippen molar-refractivity contribution < 1.29 is 13.2 Å². The van der Waals surface area contributed by atoms with Crippen LogP contribution in [0.1, 0.15) is 47.9 Å². The molecule has 0 aromatic heterocycles. The van der Waals surface area contributed by atoms with Crippen LogP contribution in [0.3, 0.4) is 0 Å². The number of carbonyl (C=O) groups excluding carboxylic acids is 1. The molecule has 0 radical (unpaired) electrons. The maximum atomic E-state index is 13.2. The van der Waals surface area contributed by atoms with Gasteiger partial charge in [0.1, 0.15) is 0 Å². The molecule has 5 nitrogen and oxygen atoms in total. The Labute approximate surface area is 186 Å². The molecule has 166 valence electrons. The molecule has 1 aliphatic heterocycles. The first-order valence-electron chi connectivity index (χ1n) is 11.2. The monoisotopic (exact) mass is 440 g/mol. The van der Waals surface area contributed by atoms with E-state index in [4.69, 9.17) is 0 Å². The quantitative estimate of drug-likeness (QED) is 0.714. The van der Waals surface area contributed by atoms with Crippen molar-refractivity contribution in [3.05, 3.63) is 58.7 Å². The molecule has 0 bridgehead atoms. The lowest BCUT2D eigenvalue weighted by molar-refractivity contribution is -0.123. The fourth-order valence-corrected chi connectivity index (χ4v) is 6.43. The number of fused-ring (bicyclic) bond motifs is 1. The van der Waals surface area contributed by atoms with E-state index in [-0.39, 0.29) is 11.8 Å². The summed E-state index contributed by atoms with van der Waals surface area (Å²) in [6.07, 6.45) is 5.41. The smallest absolute Gasteiger partial charge is 0.243 e. The molecule has 31 heavy (non-hydrogen) atoms. The van der Waals surface area contributed by atoms with Crippen LogP contribution in [-0.4, -0.2) is 38.8 Å². The topological polar surface area (TPSA) is 57.7 Å². The lowest BCUT2D eigenvalue weighted by Crippen LogP contribution is -2.43. The van der Waals surface area contributed by atoms with E-state index < -0.39 is 10.0 Å². The molecule has 0 unspecified atom stereocenters. The Bertz CT molecular complexity index is 1070. The molecule has 2 aromatic rings. The Kier molecular flexibility index (Phi) is 6.22. The second kappa shape index (κ2) is 8.75. The minimum absolute atomic E-state index is 0.0656. The number of anilines is 1. The third kappa shape index (κ3) is 4.55. The number of carbonyl (C=O) groups is 1. The average Bonchev–Trinajstić information content (AvgIpc) is 2.77. The normalized spacial score (nSPS) is 17.9. The van der Waals surface area contributed by atoms with Gasteiger partial charge in [-0.05, 0) is 98.9 Å². The number of hydrogen-bond acceptors (Lipinski definition) is 3. The van der Waals surface area contributed by atoms with E-state index in [1.165, 1.54) is 17.5 Å². The van der Waals surface area contributed by atoms with Crippen LogP contribution >= 0.6 is 0 Å². The van der Waals surface area contributed by atoms with Gasteiger partial charge in [0.05, 0.1) is 4.90 Å². The highest BCUT2D eigenvalue weighted by Gasteiger charge is 2.33. The zero-order valence-corrected chi connectivity index (χ0v) is 19.5. The summed E-state index contributed by atoms with van der Waals surface area (Å²) in [4.78, 5) is 15.2. The maximum absolute atomic E-state index is 13.2. The van der Waals surface area contributed by atoms with Crippen LogP contribution in [0.15, 0.2) is 41.3 Å². The summed E-state index contributed by atoms with van der Waals surface area (Å²) in [5.41, 5.74) is 5.60. The number of benzene rings is 2. The third-order valence-corrected chi connectivity index (χ3v) is 8.58. The standard InChI is InChI=1S/C25H32N2O3S/c1-18-14-19(2)16-23(15-18)26(3)25(28)21-10-12-27(13-11-21)31(29,30)24-9-8-20-6-4-5-7-22(20)17-24/h8-9,14-17,21H,4-7,10-13H2,1-3H3. The average molecular weight is 441 g/mol. The molecule has 1 amide bonds.